The van der Waals surface area contributed by atoms with Gasteiger partial charge in [-0.3, -0.25) is 4.98 Å². The van der Waals surface area contributed by atoms with Crippen LogP contribution < -0.4 is 0 Å². The van der Waals surface area contributed by atoms with Crippen LogP contribution in [0.15, 0.2) is 36.7 Å². The van der Waals surface area contributed by atoms with Crippen molar-refractivity contribution in [2.24, 2.45) is 0 Å². The number of hydrogen-bond acceptors (Lipinski definition) is 2. The third kappa shape index (κ3) is 1.88. The van der Waals surface area contributed by atoms with Gasteiger partial charge in [-0.2, -0.15) is 5.26 Å². The normalized spacial score (nSPS) is 9.81. The van der Waals surface area contributed by atoms with E-state index in [1.807, 2.05) is 0 Å². The van der Waals surface area contributed by atoms with Crippen LogP contribution in [0.5, 0.6) is 0 Å². The Morgan fingerprint density at radius 2 is 2.12 bits per heavy atom. The molecule has 0 aliphatic carbocycles. The molecule has 16 heavy (non-hydrogen) atoms. The second-order valence-electron chi connectivity index (χ2n) is 3.16. The molecular formula is C12H6ClFN2. The third-order valence-electron chi connectivity index (χ3n) is 2.17. The minimum absolute atomic E-state index is 0.0326. The monoisotopic (exact) mass is 232 g/mol. The van der Waals surface area contributed by atoms with E-state index in [4.69, 9.17) is 16.9 Å². The van der Waals surface area contributed by atoms with Crippen LogP contribution in [0.2, 0.25) is 5.02 Å². The summed E-state index contributed by atoms with van der Waals surface area (Å²) in [4.78, 5) is 3.93. The molecule has 1 aromatic heterocycles. The zero-order valence-corrected chi connectivity index (χ0v) is 8.87. The molecule has 0 spiro atoms. The maximum absolute atomic E-state index is 13.0. The highest BCUT2D eigenvalue weighted by Gasteiger charge is 2.07. The molecule has 4 heteroatoms. The maximum Gasteiger partial charge on any atom is 0.141 e. The molecule has 0 amide bonds. The highest BCUT2D eigenvalue weighted by molar-refractivity contribution is 6.31. The number of aromatic nitrogens is 1. The van der Waals surface area contributed by atoms with Crippen molar-refractivity contribution in [3.63, 3.8) is 0 Å². The van der Waals surface area contributed by atoms with Gasteiger partial charge in [-0.25, -0.2) is 4.39 Å². The van der Waals surface area contributed by atoms with Crippen LogP contribution in [-0.2, 0) is 0 Å². The van der Waals surface area contributed by atoms with Crippen LogP contribution in [-0.4, -0.2) is 4.98 Å². The minimum atomic E-state index is -0.479. The number of nitriles is 1. The first kappa shape index (κ1) is 10.6. The largest absolute Gasteiger partial charge is 0.264 e. The lowest BCUT2D eigenvalue weighted by Gasteiger charge is -2.04. The number of benzene rings is 1. The molecule has 0 saturated carbocycles. The van der Waals surface area contributed by atoms with E-state index >= 15 is 0 Å². The highest BCUT2D eigenvalue weighted by Crippen LogP contribution is 2.26. The molecule has 0 N–H and O–H groups in total. The van der Waals surface area contributed by atoms with Gasteiger partial charge in [0.1, 0.15) is 5.82 Å². The zero-order chi connectivity index (χ0) is 11.5. The van der Waals surface area contributed by atoms with Crippen molar-refractivity contribution in [1.29, 1.82) is 5.26 Å². The average molecular weight is 233 g/mol. The molecule has 0 aliphatic heterocycles. The molecule has 2 aromatic rings. The summed E-state index contributed by atoms with van der Waals surface area (Å²) in [6, 6.07) is 7.97. The standard InChI is InChI=1S/C12H6ClFN2/c13-11-5-8(1-2-12(11)14)10-7-16-4-3-9(10)6-15/h1-5,7H. The summed E-state index contributed by atoms with van der Waals surface area (Å²) in [5, 5.41) is 8.95. The van der Waals surface area contributed by atoms with Crippen LogP contribution in [0.1, 0.15) is 5.56 Å². The van der Waals surface area contributed by atoms with E-state index in [0.717, 1.165) is 0 Å². The van der Waals surface area contributed by atoms with Crippen molar-refractivity contribution in [3.05, 3.63) is 53.1 Å². The third-order valence-corrected chi connectivity index (χ3v) is 2.46. The molecule has 1 heterocycles. The molecule has 2 rings (SSSR count). The fraction of sp³-hybridized carbons (Fsp3) is 0. The Labute approximate surface area is 96.9 Å². The lowest BCUT2D eigenvalue weighted by atomic mass is 10.0. The highest BCUT2D eigenvalue weighted by atomic mass is 35.5. The van der Waals surface area contributed by atoms with Gasteiger partial charge >= 0.3 is 0 Å². The van der Waals surface area contributed by atoms with Gasteiger partial charge < -0.3 is 0 Å². The van der Waals surface area contributed by atoms with Crippen LogP contribution in [0.25, 0.3) is 11.1 Å². The molecule has 1 aromatic carbocycles. The fourth-order valence-electron chi connectivity index (χ4n) is 1.39. The van der Waals surface area contributed by atoms with Gasteiger partial charge in [0, 0.05) is 18.0 Å². The Morgan fingerprint density at radius 3 is 2.81 bits per heavy atom. The predicted molar refractivity (Wildman–Crippen MR) is 59.4 cm³/mol. The fourth-order valence-corrected chi connectivity index (χ4v) is 1.57. The van der Waals surface area contributed by atoms with Crippen molar-refractivity contribution >= 4 is 11.6 Å². The van der Waals surface area contributed by atoms with Gasteiger partial charge in [-0.05, 0) is 23.8 Å². The van der Waals surface area contributed by atoms with Gasteiger partial charge in [0.25, 0.3) is 0 Å². The van der Waals surface area contributed by atoms with E-state index < -0.39 is 5.82 Å². The Balaban J connectivity index is 2.60. The first-order chi connectivity index (χ1) is 7.72. The second-order valence-corrected chi connectivity index (χ2v) is 3.57. The molecule has 0 radical (unpaired) electrons. The summed E-state index contributed by atoms with van der Waals surface area (Å²) < 4.78 is 13.0. The SMILES string of the molecule is N#Cc1ccncc1-c1ccc(F)c(Cl)c1. The van der Waals surface area contributed by atoms with E-state index in [2.05, 4.69) is 11.1 Å². The van der Waals surface area contributed by atoms with Gasteiger partial charge in [-0.15, -0.1) is 0 Å². The van der Waals surface area contributed by atoms with Crippen molar-refractivity contribution in [3.8, 4) is 17.2 Å². The molecule has 0 bridgehead atoms. The summed E-state index contributed by atoms with van der Waals surface area (Å²) in [7, 11) is 0. The number of halogens is 2. The van der Waals surface area contributed by atoms with Crippen molar-refractivity contribution in [2.45, 2.75) is 0 Å². The minimum Gasteiger partial charge on any atom is -0.264 e. The van der Waals surface area contributed by atoms with Crippen LogP contribution in [0, 0.1) is 17.1 Å². The lowest BCUT2D eigenvalue weighted by molar-refractivity contribution is 0.628. The summed E-state index contributed by atoms with van der Waals surface area (Å²) in [6.45, 7) is 0. The lowest BCUT2D eigenvalue weighted by Crippen LogP contribution is -1.87. The van der Waals surface area contributed by atoms with E-state index in [9.17, 15) is 4.39 Å². The zero-order valence-electron chi connectivity index (χ0n) is 8.11. The molecule has 0 fully saturated rings. The number of pyridine rings is 1. The van der Waals surface area contributed by atoms with E-state index in [0.29, 0.717) is 16.7 Å². The summed E-state index contributed by atoms with van der Waals surface area (Å²) in [5.41, 5.74) is 1.81. The molecule has 78 valence electrons. The topological polar surface area (TPSA) is 36.7 Å². The van der Waals surface area contributed by atoms with E-state index in [1.54, 1.807) is 18.3 Å². The summed E-state index contributed by atoms with van der Waals surface area (Å²) in [6.07, 6.45) is 3.09. The maximum atomic E-state index is 13.0. The predicted octanol–water partition coefficient (Wildman–Crippen LogP) is 3.41. The van der Waals surface area contributed by atoms with Gasteiger partial charge in [0.05, 0.1) is 16.7 Å². The average Bonchev–Trinajstić information content (AvgIpc) is 2.32. The Hall–Kier alpha value is -1.92. The van der Waals surface area contributed by atoms with Gasteiger partial charge in [0.15, 0.2) is 0 Å². The molecule has 0 aliphatic rings. The van der Waals surface area contributed by atoms with Crippen molar-refractivity contribution in [1.82, 2.24) is 4.98 Å². The molecule has 0 atom stereocenters. The van der Waals surface area contributed by atoms with Gasteiger partial charge in [0.2, 0.25) is 0 Å². The quantitative estimate of drug-likeness (QED) is 0.756. The first-order valence-electron chi connectivity index (χ1n) is 4.52. The van der Waals surface area contributed by atoms with E-state index in [1.165, 1.54) is 18.3 Å². The van der Waals surface area contributed by atoms with Crippen LogP contribution in [0.4, 0.5) is 4.39 Å². The number of nitrogens with zero attached hydrogens (tertiary/aromatic N) is 2. The van der Waals surface area contributed by atoms with Crippen LogP contribution >= 0.6 is 11.6 Å². The Bertz CT molecular complexity index is 575. The number of rotatable bonds is 1. The Morgan fingerprint density at radius 1 is 1.31 bits per heavy atom. The van der Waals surface area contributed by atoms with Crippen molar-refractivity contribution in [2.75, 3.05) is 0 Å². The van der Waals surface area contributed by atoms with E-state index in [-0.39, 0.29) is 5.02 Å². The number of hydrogen-bond donors (Lipinski definition) is 0. The van der Waals surface area contributed by atoms with Crippen LogP contribution in [0.3, 0.4) is 0 Å². The second kappa shape index (κ2) is 4.30. The first-order valence-corrected chi connectivity index (χ1v) is 4.89. The summed E-state index contributed by atoms with van der Waals surface area (Å²) in [5.74, 6) is -0.479. The smallest absolute Gasteiger partial charge is 0.141 e. The Kier molecular flexibility index (Phi) is 2.84. The molecular weight excluding hydrogens is 227 g/mol. The molecule has 2 nitrogen and oxygen atoms in total. The van der Waals surface area contributed by atoms with Crippen molar-refractivity contribution < 1.29 is 4.39 Å². The van der Waals surface area contributed by atoms with Gasteiger partial charge in [-0.1, -0.05) is 17.7 Å². The molecule has 0 unspecified atom stereocenters. The molecule has 0 saturated heterocycles. The summed E-state index contributed by atoms with van der Waals surface area (Å²) >= 11 is 5.68.